The molecule has 2 aromatic rings. The smallest absolute Gasteiger partial charge is 0.234 e. The Bertz CT molecular complexity index is 500. The van der Waals surface area contributed by atoms with E-state index in [0.29, 0.717) is 6.54 Å². The van der Waals surface area contributed by atoms with Crippen molar-refractivity contribution in [3.05, 3.63) is 71.8 Å². The lowest BCUT2D eigenvalue weighted by Gasteiger charge is -2.20. The molecule has 2 aromatic carbocycles. The molecular weight excluding hydrogens is 260 g/mol. The van der Waals surface area contributed by atoms with E-state index in [1.165, 1.54) is 0 Å². The third-order valence-electron chi connectivity index (χ3n) is 3.28. The Balaban J connectivity index is 2.12. The van der Waals surface area contributed by atoms with Gasteiger partial charge < -0.3 is 10.6 Å². The second kappa shape index (κ2) is 8.22. The fourth-order valence-electron chi connectivity index (χ4n) is 2.24. The molecule has 110 valence electrons. The molecule has 0 aliphatic rings. The standard InChI is InChI=1S/C18H22N2O/c1-2-13-19-14-17(21)20-18(15-9-5-3-6-10-15)16-11-7-4-8-12-16/h3-12,18-19H,2,13-14H2,1H3,(H,20,21). The third kappa shape index (κ3) is 4.72. The lowest BCUT2D eigenvalue weighted by atomic mass is 9.99. The maximum Gasteiger partial charge on any atom is 0.234 e. The summed E-state index contributed by atoms with van der Waals surface area (Å²) in [5, 5.41) is 6.24. The zero-order valence-electron chi connectivity index (χ0n) is 12.4. The lowest BCUT2D eigenvalue weighted by molar-refractivity contribution is -0.120. The molecule has 21 heavy (non-hydrogen) atoms. The van der Waals surface area contributed by atoms with Crippen molar-refractivity contribution in [3.63, 3.8) is 0 Å². The molecule has 3 heteroatoms. The molecule has 3 nitrogen and oxygen atoms in total. The van der Waals surface area contributed by atoms with Crippen molar-refractivity contribution in [1.82, 2.24) is 10.6 Å². The van der Waals surface area contributed by atoms with E-state index in [4.69, 9.17) is 0 Å². The Labute approximate surface area is 126 Å². The fourth-order valence-corrected chi connectivity index (χ4v) is 2.24. The van der Waals surface area contributed by atoms with Crippen LogP contribution >= 0.6 is 0 Å². The molecular formula is C18H22N2O. The summed E-state index contributed by atoms with van der Waals surface area (Å²) in [4.78, 5) is 12.1. The number of nitrogens with one attached hydrogen (secondary N) is 2. The van der Waals surface area contributed by atoms with Gasteiger partial charge in [0.1, 0.15) is 0 Å². The molecule has 0 aliphatic heterocycles. The first-order valence-corrected chi connectivity index (χ1v) is 7.41. The van der Waals surface area contributed by atoms with Gasteiger partial charge in [0.05, 0.1) is 12.6 Å². The average Bonchev–Trinajstić information content (AvgIpc) is 2.54. The van der Waals surface area contributed by atoms with E-state index in [2.05, 4.69) is 17.6 Å². The minimum absolute atomic E-state index is 0.0150. The fraction of sp³-hybridized carbons (Fsp3) is 0.278. The molecule has 0 atom stereocenters. The average molecular weight is 282 g/mol. The van der Waals surface area contributed by atoms with Crippen LogP contribution in [-0.2, 0) is 4.79 Å². The molecule has 1 amide bonds. The van der Waals surface area contributed by atoms with Gasteiger partial charge in [0.15, 0.2) is 0 Å². The summed E-state index contributed by atoms with van der Waals surface area (Å²) in [6.07, 6.45) is 1.02. The van der Waals surface area contributed by atoms with Gasteiger partial charge in [0.2, 0.25) is 5.91 Å². The molecule has 0 spiro atoms. The number of carbonyl (C=O) groups excluding carboxylic acids is 1. The summed E-state index contributed by atoms with van der Waals surface area (Å²) in [6, 6.07) is 20.0. The van der Waals surface area contributed by atoms with Crippen molar-refractivity contribution in [3.8, 4) is 0 Å². The van der Waals surface area contributed by atoms with Crippen LogP contribution < -0.4 is 10.6 Å². The largest absolute Gasteiger partial charge is 0.344 e. The van der Waals surface area contributed by atoms with Gasteiger partial charge in [-0.15, -0.1) is 0 Å². The van der Waals surface area contributed by atoms with E-state index < -0.39 is 0 Å². The number of rotatable bonds is 7. The highest BCUT2D eigenvalue weighted by Crippen LogP contribution is 2.21. The monoisotopic (exact) mass is 282 g/mol. The first-order chi connectivity index (χ1) is 10.3. The van der Waals surface area contributed by atoms with Gasteiger partial charge in [-0.3, -0.25) is 4.79 Å². The number of hydrogen-bond donors (Lipinski definition) is 2. The van der Waals surface area contributed by atoms with Gasteiger partial charge in [-0.1, -0.05) is 67.6 Å². The molecule has 2 rings (SSSR count). The van der Waals surface area contributed by atoms with Crippen LogP contribution in [0.2, 0.25) is 0 Å². The SMILES string of the molecule is CCCNCC(=O)NC(c1ccccc1)c1ccccc1. The van der Waals surface area contributed by atoms with Crippen molar-refractivity contribution < 1.29 is 4.79 Å². The van der Waals surface area contributed by atoms with Crippen molar-refractivity contribution in [1.29, 1.82) is 0 Å². The van der Waals surface area contributed by atoms with E-state index in [-0.39, 0.29) is 11.9 Å². The van der Waals surface area contributed by atoms with Crippen LogP contribution in [0.15, 0.2) is 60.7 Å². The predicted octanol–water partition coefficient (Wildman–Crippen LogP) is 2.89. The van der Waals surface area contributed by atoms with Crippen molar-refractivity contribution in [2.75, 3.05) is 13.1 Å². The zero-order valence-corrected chi connectivity index (χ0v) is 12.4. The van der Waals surface area contributed by atoms with Crippen LogP contribution in [0.1, 0.15) is 30.5 Å². The minimum atomic E-state index is -0.108. The van der Waals surface area contributed by atoms with Crippen LogP contribution in [0.25, 0.3) is 0 Å². The number of benzene rings is 2. The Morgan fingerprint density at radius 3 is 1.95 bits per heavy atom. The second-order valence-corrected chi connectivity index (χ2v) is 5.00. The maximum absolute atomic E-state index is 12.1. The third-order valence-corrected chi connectivity index (χ3v) is 3.28. The number of carbonyl (C=O) groups is 1. The van der Waals surface area contributed by atoms with Crippen LogP contribution in [-0.4, -0.2) is 19.0 Å². The summed E-state index contributed by atoms with van der Waals surface area (Å²) in [5.74, 6) is 0.0150. The zero-order chi connectivity index (χ0) is 14.9. The van der Waals surface area contributed by atoms with Gasteiger partial charge in [0.25, 0.3) is 0 Å². The summed E-state index contributed by atoms with van der Waals surface area (Å²) < 4.78 is 0. The molecule has 0 radical (unpaired) electrons. The molecule has 0 bridgehead atoms. The van der Waals surface area contributed by atoms with Gasteiger partial charge in [-0.05, 0) is 24.1 Å². The lowest BCUT2D eigenvalue weighted by Crippen LogP contribution is -2.37. The van der Waals surface area contributed by atoms with E-state index >= 15 is 0 Å². The van der Waals surface area contributed by atoms with Crippen LogP contribution in [0.4, 0.5) is 0 Å². The van der Waals surface area contributed by atoms with E-state index in [1.54, 1.807) is 0 Å². The van der Waals surface area contributed by atoms with Gasteiger partial charge in [-0.2, -0.15) is 0 Å². The van der Waals surface area contributed by atoms with Crippen molar-refractivity contribution in [2.45, 2.75) is 19.4 Å². The first kappa shape index (κ1) is 15.3. The normalized spacial score (nSPS) is 10.6. The Morgan fingerprint density at radius 2 is 1.48 bits per heavy atom. The molecule has 0 fully saturated rings. The topological polar surface area (TPSA) is 41.1 Å². The van der Waals surface area contributed by atoms with Gasteiger partial charge >= 0.3 is 0 Å². The molecule has 0 saturated heterocycles. The van der Waals surface area contributed by atoms with Crippen LogP contribution in [0.3, 0.4) is 0 Å². The molecule has 0 heterocycles. The predicted molar refractivity (Wildman–Crippen MR) is 86.0 cm³/mol. The van der Waals surface area contributed by atoms with Crippen molar-refractivity contribution >= 4 is 5.91 Å². The van der Waals surface area contributed by atoms with E-state index in [1.807, 2.05) is 60.7 Å². The highest BCUT2D eigenvalue weighted by molar-refractivity contribution is 5.79. The highest BCUT2D eigenvalue weighted by Gasteiger charge is 2.15. The quantitative estimate of drug-likeness (QED) is 0.767. The van der Waals surface area contributed by atoms with Crippen LogP contribution in [0.5, 0.6) is 0 Å². The Kier molecular flexibility index (Phi) is 5.98. The summed E-state index contributed by atoms with van der Waals surface area (Å²) in [6.45, 7) is 3.29. The molecule has 2 N–H and O–H groups in total. The number of amides is 1. The molecule has 0 aromatic heterocycles. The van der Waals surface area contributed by atoms with E-state index in [0.717, 1.165) is 24.1 Å². The molecule has 0 unspecified atom stereocenters. The number of hydrogen-bond acceptors (Lipinski definition) is 2. The second-order valence-electron chi connectivity index (χ2n) is 5.00. The Hall–Kier alpha value is -2.13. The molecule has 0 saturated carbocycles. The van der Waals surface area contributed by atoms with Gasteiger partial charge in [0, 0.05) is 0 Å². The van der Waals surface area contributed by atoms with Gasteiger partial charge in [-0.25, -0.2) is 0 Å². The Morgan fingerprint density at radius 1 is 0.952 bits per heavy atom. The van der Waals surface area contributed by atoms with Crippen molar-refractivity contribution in [2.24, 2.45) is 0 Å². The maximum atomic E-state index is 12.1. The summed E-state index contributed by atoms with van der Waals surface area (Å²) in [7, 11) is 0. The summed E-state index contributed by atoms with van der Waals surface area (Å²) >= 11 is 0. The highest BCUT2D eigenvalue weighted by atomic mass is 16.1. The van der Waals surface area contributed by atoms with E-state index in [9.17, 15) is 4.79 Å². The minimum Gasteiger partial charge on any atom is -0.344 e. The first-order valence-electron chi connectivity index (χ1n) is 7.41. The molecule has 0 aliphatic carbocycles. The summed E-state index contributed by atoms with van der Waals surface area (Å²) in [5.41, 5.74) is 2.18. The van der Waals surface area contributed by atoms with Crippen LogP contribution in [0, 0.1) is 0 Å².